The number of nitrogens with one attached hydrogen (secondary N) is 1. The number of aromatic nitrogens is 1. The van der Waals surface area contributed by atoms with Crippen molar-refractivity contribution < 1.29 is 9.90 Å². The summed E-state index contributed by atoms with van der Waals surface area (Å²) in [5.74, 6) is -0.869. The van der Waals surface area contributed by atoms with Gasteiger partial charge in [-0.1, -0.05) is 6.07 Å². The summed E-state index contributed by atoms with van der Waals surface area (Å²) < 4.78 is 0. The van der Waals surface area contributed by atoms with Gasteiger partial charge in [0, 0.05) is 29.9 Å². The number of pyridine rings is 1. The number of rotatable bonds is 5. The number of thiophene rings is 1. The number of carboxylic acid groups (broad SMARTS) is 1. The molecule has 0 amide bonds. The highest BCUT2D eigenvalue weighted by Crippen LogP contribution is 2.18. The van der Waals surface area contributed by atoms with Crippen molar-refractivity contribution in [2.75, 3.05) is 0 Å². The monoisotopic (exact) mass is 262 g/mol. The molecule has 2 heterocycles. The zero-order chi connectivity index (χ0) is 13.0. The third kappa shape index (κ3) is 3.15. The highest BCUT2D eigenvalue weighted by molar-refractivity contribution is 7.13. The van der Waals surface area contributed by atoms with Gasteiger partial charge in [0.2, 0.25) is 0 Å². The molecule has 0 bridgehead atoms. The zero-order valence-electron chi connectivity index (χ0n) is 9.96. The zero-order valence-corrected chi connectivity index (χ0v) is 10.8. The Morgan fingerprint density at radius 1 is 1.50 bits per heavy atom. The quantitative estimate of drug-likeness (QED) is 0.869. The van der Waals surface area contributed by atoms with E-state index < -0.39 is 5.97 Å². The molecule has 0 aromatic carbocycles. The lowest BCUT2D eigenvalue weighted by Gasteiger charge is -2.12. The number of aromatic carboxylic acids is 1. The molecule has 2 rings (SSSR count). The van der Waals surface area contributed by atoms with E-state index in [0.717, 1.165) is 10.4 Å². The first kappa shape index (κ1) is 12.7. The maximum atomic E-state index is 10.8. The normalized spacial score (nSPS) is 12.3. The van der Waals surface area contributed by atoms with E-state index in [1.54, 1.807) is 12.3 Å². The predicted octanol–water partition coefficient (Wildman–Crippen LogP) is 2.69. The van der Waals surface area contributed by atoms with E-state index >= 15 is 0 Å². The first-order chi connectivity index (χ1) is 8.66. The van der Waals surface area contributed by atoms with Crippen LogP contribution in [0.1, 0.15) is 33.1 Å². The SMILES string of the molecule is C[C@H](NCc1ccc(C(=O)O)s1)c1cccnc1. The van der Waals surface area contributed by atoms with E-state index in [-0.39, 0.29) is 6.04 Å². The summed E-state index contributed by atoms with van der Waals surface area (Å²) >= 11 is 1.30. The van der Waals surface area contributed by atoms with Gasteiger partial charge < -0.3 is 10.4 Å². The fourth-order valence-corrected chi connectivity index (χ4v) is 2.39. The minimum atomic E-state index is -0.869. The molecule has 0 radical (unpaired) electrons. The summed E-state index contributed by atoms with van der Waals surface area (Å²) in [4.78, 5) is 16.2. The molecule has 0 aliphatic rings. The van der Waals surface area contributed by atoms with Gasteiger partial charge in [-0.3, -0.25) is 4.98 Å². The van der Waals surface area contributed by atoms with E-state index in [2.05, 4.69) is 17.2 Å². The molecule has 0 saturated heterocycles. The molecule has 18 heavy (non-hydrogen) atoms. The third-order valence-electron chi connectivity index (χ3n) is 2.64. The molecule has 0 saturated carbocycles. The van der Waals surface area contributed by atoms with Crippen LogP contribution >= 0.6 is 11.3 Å². The number of carbonyl (C=O) groups is 1. The Balaban J connectivity index is 1.93. The van der Waals surface area contributed by atoms with E-state index in [4.69, 9.17) is 5.11 Å². The molecular weight excluding hydrogens is 248 g/mol. The number of carboxylic acids is 1. The van der Waals surface area contributed by atoms with Gasteiger partial charge in [-0.15, -0.1) is 11.3 Å². The average molecular weight is 262 g/mol. The van der Waals surface area contributed by atoms with Crippen LogP contribution in [-0.4, -0.2) is 16.1 Å². The van der Waals surface area contributed by atoms with Gasteiger partial charge >= 0.3 is 5.97 Å². The Kier molecular flexibility index (Phi) is 4.07. The van der Waals surface area contributed by atoms with Gasteiger partial charge in [0.15, 0.2) is 0 Å². The van der Waals surface area contributed by atoms with E-state index in [0.29, 0.717) is 11.4 Å². The summed E-state index contributed by atoms with van der Waals surface area (Å²) in [6.45, 7) is 2.72. The van der Waals surface area contributed by atoms with Crippen molar-refractivity contribution in [1.82, 2.24) is 10.3 Å². The molecule has 4 nitrogen and oxygen atoms in total. The summed E-state index contributed by atoms with van der Waals surface area (Å²) in [6.07, 6.45) is 3.57. The van der Waals surface area contributed by atoms with Gasteiger partial charge in [0.05, 0.1) is 0 Å². The van der Waals surface area contributed by atoms with Crippen LogP contribution in [0.2, 0.25) is 0 Å². The van der Waals surface area contributed by atoms with Crippen LogP contribution in [-0.2, 0) is 6.54 Å². The summed E-state index contributed by atoms with van der Waals surface area (Å²) in [5.41, 5.74) is 1.12. The van der Waals surface area contributed by atoms with Crippen molar-refractivity contribution in [3.05, 3.63) is 52.0 Å². The fourth-order valence-electron chi connectivity index (χ4n) is 1.59. The van der Waals surface area contributed by atoms with Gasteiger partial charge in [-0.2, -0.15) is 0 Å². The van der Waals surface area contributed by atoms with Crippen LogP contribution in [0.5, 0.6) is 0 Å². The highest BCUT2D eigenvalue weighted by atomic mass is 32.1. The maximum Gasteiger partial charge on any atom is 0.345 e. The first-order valence-electron chi connectivity index (χ1n) is 5.62. The Labute approximate surface area is 109 Å². The number of hydrogen-bond acceptors (Lipinski definition) is 4. The Morgan fingerprint density at radius 3 is 2.94 bits per heavy atom. The van der Waals surface area contributed by atoms with Gasteiger partial charge in [-0.25, -0.2) is 4.79 Å². The predicted molar refractivity (Wildman–Crippen MR) is 70.8 cm³/mol. The average Bonchev–Trinajstić information content (AvgIpc) is 2.86. The molecule has 2 N–H and O–H groups in total. The molecule has 0 fully saturated rings. The minimum absolute atomic E-state index is 0.189. The van der Waals surface area contributed by atoms with Crippen LogP contribution in [0, 0.1) is 0 Å². The number of nitrogens with zero attached hydrogens (tertiary/aromatic N) is 1. The fraction of sp³-hybridized carbons (Fsp3) is 0.231. The molecule has 2 aromatic rings. The molecular formula is C13H14N2O2S. The summed E-state index contributed by atoms with van der Waals surface area (Å²) in [7, 11) is 0. The van der Waals surface area contributed by atoms with Crippen molar-refractivity contribution in [1.29, 1.82) is 0 Å². The second-order valence-corrected chi connectivity index (χ2v) is 5.13. The second-order valence-electron chi connectivity index (χ2n) is 3.96. The van der Waals surface area contributed by atoms with E-state index in [9.17, 15) is 4.79 Å². The van der Waals surface area contributed by atoms with Crippen molar-refractivity contribution in [2.45, 2.75) is 19.5 Å². The topological polar surface area (TPSA) is 62.2 Å². The molecule has 2 aromatic heterocycles. The van der Waals surface area contributed by atoms with Gasteiger partial charge in [0.1, 0.15) is 4.88 Å². The van der Waals surface area contributed by atoms with Gasteiger partial charge in [-0.05, 0) is 30.7 Å². The van der Waals surface area contributed by atoms with Crippen LogP contribution in [0.25, 0.3) is 0 Å². The lowest BCUT2D eigenvalue weighted by Crippen LogP contribution is -2.17. The van der Waals surface area contributed by atoms with Gasteiger partial charge in [0.25, 0.3) is 0 Å². The minimum Gasteiger partial charge on any atom is -0.477 e. The Hall–Kier alpha value is -1.72. The lowest BCUT2D eigenvalue weighted by molar-refractivity contribution is 0.0702. The molecule has 94 valence electrons. The van der Waals surface area contributed by atoms with Crippen molar-refractivity contribution in [2.24, 2.45) is 0 Å². The molecule has 1 atom stereocenters. The van der Waals surface area contributed by atoms with Crippen molar-refractivity contribution in [3.8, 4) is 0 Å². The van der Waals surface area contributed by atoms with Crippen LogP contribution in [0.15, 0.2) is 36.7 Å². The number of hydrogen-bond donors (Lipinski definition) is 2. The summed E-state index contributed by atoms with van der Waals surface area (Å²) in [6, 6.07) is 7.59. The van der Waals surface area contributed by atoms with E-state index in [1.807, 2.05) is 24.4 Å². The molecule has 0 unspecified atom stereocenters. The first-order valence-corrected chi connectivity index (χ1v) is 6.44. The molecule has 5 heteroatoms. The summed E-state index contributed by atoms with van der Waals surface area (Å²) in [5, 5.41) is 12.2. The maximum absolute atomic E-state index is 10.8. The Bertz CT molecular complexity index is 525. The molecule has 0 spiro atoms. The van der Waals surface area contributed by atoms with Crippen LogP contribution in [0.3, 0.4) is 0 Å². The lowest BCUT2D eigenvalue weighted by atomic mass is 10.1. The standard InChI is InChI=1S/C13H14N2O2S/c1-9(10-3-2-6-14-7-10)15-8-11-4-5-12(18-11)13(16)17/h2-7,9,15H,8H2,1H3,(H,16,17)/t9-/m0/s1. The van der Waals surface area contributed by atoms with Crippen LogP contribution in [0.4, 0.5) is 0 Å². The van der Waals surface area contributed by atoms with Crippen molar-refractivity contribution >= 4 is 17.3 Å². The van der Waals surface area contributed by atoms with Crippen molar-refractivity contribution in [3.63, 3.8) is 0 Å². The Morgan fingerprint density at radius 2 is 2.33 bits per heavy atom. The molecule has 0 aliphatic carbocycles. The van der Waals surface area contributed by atoms with E-state index in [1.165, 1.54) is 11.3 Å². The second kappa shape index (κ2) is 5.75. The largest absolute Gasteiger partial charge is 0.477 e. The highest BCUT2D eigenvalue weighted by Gasteiger charge is 2.08. The molecule has 0 aliphatic heterocycles. The van der Waals surface area contributed by atoms with Crippen LogP contribution < -0.4 is 5.32 Å². The smallest absolute Gasteiger partial charge is 0.345 e. The third-order valence-corrected chi connectivity index (χ3v) is 3.71.